The molecule has 0 spiro atoms. The van der Waals surface area contributed by atoms with Crippen molar-refractivity contribution in [2.24, 2.45) is 0 Å². The smallest absolute Gasteiger partial charge is 0.338 e. The van der Waals surface area contributed by atoms with Crippen molar-refractivity contribution in [2.75, 3.05) is 26.1 Å². The summed E-state index contributed by atoms with van der Waals surface area (Å²) in [6.45, 7) is 2.36. The van der Waals surface area contributed by atoms with Gasteiger partial charge in [-0.15, -0.1) is 0 Å². The number of hydrogen-bond acceptors (Lipinski definition) is 5. The molecule has 132 valence electrons. The molecule has 0 bridgehead atoms. The van der Waals surface area contributed by atoms with Crippen LogP contribution in [0.15, 0.2) is 42.5 Å². The van der Waals surface area contributed by atoms with Gasteiger partial charge in [0.15, 0.2) is 0 Å². The maximum atomic E-state index is 12.0. The second-order valence-corrected chi connectivity index (χ2v) is 5.45. The van der Waals surface area contributed by atoms with Gasteiger partial charge in [0, 0.05) is 12.2 Å². The number of rotatable bonds is 7. The number of amides is 1. The summed E-state index contributed by atoms with van der Waals surface area (Å²) < 4.78 is 9.84. The van der Waals surface area contributed by atoms with E-state index in [9.17, 15) is 9.59 Å². The van der Waals surface area contributed by atoms with Gasteiger partial charge in [0.2, 0.25) is 5.91 Å². The van der Waals surface area contributed by atoms with Gasteiger partial charge in [-0.3, -0.25) is 4.79 Å². The van der Waals surface area contributed by atoms with Crippen LogP contribution in [0, 0.1) is 6.92 Å². The number of methoxy groups -OCH3 is 2. The molecule has 2 aromatic carbocycles. The van der Waals surface area contributed by atoms with Gasteiger partial charge in [-0.25, -0.2) is 4.79 Å². The lowest BCUT2D eigenvalue weighted by Crippen LogP contribution is -2.29. The molecule has 0 saturated carbocycles. The zero-order valence-electron chi connectivity index (χ0n) is 14.6. The summed E-state index contributed by atoms with van der Waals surface area (Å²) in [5.41, 5.74) is 2.93. The summed E-state index contributed by atoms with van der Waals surface area (Å²) in [5, 5.41) is 5.89. The Labute approximate surface area is 147 Å². The lowest BCUT2D eigenvalue weighted by molar-refractivity contribution is -0.119. The molecule has 0 aliphatic rings. The number of hydrogen-bond donors (Lipinski definition) is 2. The Kier molecular flexibility index (Phi) is 6.39. The summed E-state index contributed by atoms with van der Waals surface area (Å²) >= 11 is 0. The van der Waals surface area contributed by atoms with Crippen LogP contribution >= 0.6 is 0 Å². The Bertz CT molecular complexity index is 742. The quantitative estimate of drug-likeness (QED) is 0.756. The SMILES string of the molecule is COC(=O)c1cccc(NCC(=O)NCc2ccc(OC)cc2)c1C. The number of carbonyl (C=O) groups excluding carboxylic acids is 2. The van der Waals surface area contributed by atoms with Crippen molar-refractivity contribution in [1.29, 1.82) is 0 Å². The van der Waals surface area contributed by atoms with Crippen LogP contribution in [-0.2, 0) is 16.1 Å². The highest BCUT2D eigenvalue weighted by molar-refractivity contribution is 5.93. The topological polar surface area (TPSA) is 76.7 Å². The lowest BCUT2D eigenvalue weighted by atomic mass is 10.1. The third-order valence-electron chi connectivity index (χ3n) is 3.83. The number of ether oxygens (including phenoxy) is 2. The third kappa shape index (κ3) is 4.97. The molecule has 0 aliphatic carbocycles. The van der Waals surface area contributed by atoms with Crippen molar-refractivity contribution in [1.82, 2.24) is 5.32 Å². The van der Waals surface area contributed by atoms with Gasteiger partial charge in [-0.05, 0) is 42.3 Å². The number of benzene rings is 2. The number of carbonyl (C=O) groups is 2. The van der Waals surface area contributed by atoms with E-state index in [1.165, 1.54) is 7.11 Å². The highest BCUT2D eigenvalue weighted by atomic mass is 16.5. The summed E-state index contributed by atoms with van der Waals surface area (Å²) in [7, 11) is 2.95. The van der Waals surface area contributed by atoms with Crippen LogP contribution in [0.5, 0.6) is 5.75 Å². The Morgan fingerprint density at radius 2 is 1.76 bits per heavy atom. The normalized spacial score (nSPS) is 10.0. The van der Waals surface area contributed by atoms with Gasteiger partial charge < -0.3 is 20.1 Å². The maximum Gasteiger partial charge on any atom is 0.338 e. The molecule has 25 heavy (non-hydrogen) atoms. The molecule has 0 aromatic heterocycles. The molecule has 6 nitrogen and oxygen atoms in total. The number of esters is 1. The van der Waals surface area contributed by atoms with Gasteiger partial charge in [0.25, 0.3) is 0 Å². The minimum atomic E-state index is -0.398. The second-order valence-electron chi connectivity index (χ2n) is 5.45. The van der Waals surface area contributed by atoms with E-state index in [1.807, 2.05) is 37.3 Å². The largest absolute Gasteiger partial charge is 0.497 e. The summed E-state index contributed by atoms with van der Waals surface area (Å²) in [4.78, 5) is 23.7. The highest BCUT2D eigenvalue weighted by Gasteiger charge is 2.12. The molecule has 0 atom stereocenters. The predicted molar refractivity (Wildman–Crippen MR) is 95.8 cm³/mol. The molecule has 0 saturated heterocycles. The zero-order valence-corrected chi connectivity index (χ0v) is 14.6. The minimum Gasteiger partial charge on any atom is -0.497 e. The average molecular weight is 342 g/mol. The van der Waals surface area contributed by atoms with Crippen LogP contribution < -0.4 is 15.4 Å². The van der Waals surface area contributed by atoms with Crippen LogP contribution in [0.1, 0.15) is 21.5 Å². The molecule has 2 aromatic rings. The molecular weight excluding hydrogens is 320 g/mol. The summed E-state index contributed by atoms with van der Waals surface area (Å²) in [6.07, 6.45) is 0. The molecule has 6 heteroatoms. The summed E-state index contributed by atoms with van der Waals surface area (Å²) in [6, 6.07) is 12.8. The predicted octanol–water partition coefficient (Wildman–Crippen LogP) is 2.52. The van der Waals surface area contributed by atoms with Crippen molar-refractivity contribution in [3.8, 4) is 5.75 Å². The van der Waals surface area contributed by atoms with E-state index in [0.29, 0.717) is 12.1 Å². The monoisotopic (exact) mass is 342 g/mol. The van der Waals surface area contributed by atoms with Gasteiger partial charge >= 0.3 is 5.97 Å². The van der Waals surface area contributed by atoms with E-state index in [-0.39, 0.29) is 12.5 Å². The molecule has 0 radical (unpaired) electrons. The van der Waals surface area contributed by atoms with E-state index >= 15 is 0 Å². The number of nitrogens with one attached hydrogen (secondary N) is 2. The first-order valence-corrected chi connectivity index (χ1v) is 7.86. The van der Waals surface area contributed by atoms with E-state index in [1.54, 1.807) is 19.2 Å². The van der Waals surface area contributed by atoms with Gasteiger partial charge in [-0.1, -0.05) is 18.2 Å². The molecule has 1 amide bonds. The van der Waals surface area contributed by atoms with Crippen molar-refractivity contribution in [3.63, 3.8) is 0 Å². The Balaban J connectivity index is 1.88. The zero-order chi connectivity index (χ0) is 18.2. The first kappa shape index (κ1) is 18.3. The standard InChI is InChI=1S/C19H22N2O4/c1-13-16(19(23)25-3)5-4-6-17(13)20-12-18(22)21-11-14-7-9-15(24-2)10-8-14/h4-10,20H,11-12H2,1-3H3,(H,21,22). The minimum absolute atomic E-state index is 0.113. The van der Waals surface area contributed by atoms with Gasteiger partial charge in [0.05, 0.1) is 26.3 Å². The average Bonchev–Trinajstić information content (AvgIpc) is 2.65. The van der Waals surface area contributed by atoms with Gasteiger partial charge in [-0.2, -0.15) is 0 Å². The molecular formula is C19H22N2O4. The maximum absolute atomic E-state index is 12.0. The second kappa shape index (κ2) is 8.73. The number of anilines is 1. The molecule has 0 unspecified atom stereocenters. The summed E-state index contributed by atoms with van der Waals surface area (Å²) in [5.74, 6) is 0.238. The van der Waals surface area contributed by atoms with Crippen LogP contribution in [0.25, 0.3) is 0 Å². The van der Waals surface area contributed by atoms with Crippen molar-refractivity contribution in [3.05, 3.63) is 59.2 Å². The fourth-order valence-electron chi connectivity index (χ4n) is 2.34. The van der Waals surface area contributed by atoms with Crippen molar-refractivity contribution >= 4 is 17.6 Å². The lowest BCUT2D eigenvalue weighted by Gasteiger charge is -2.12. The van der Waals surface area contributed by atoms with Crippen LogP contribution in [0.3, 0.4) is 0 Å². The van der Waals surface area contributed by atoms with Crippen LogP contribution in [0.4, 0.5) is 5.69 Å². The highest BCUT2D eigenvalue weighted by Crippen LogP contribution is 2.19. The van der Waals surface area contributed by atoms with E-state index in [2.05, 4.69) is 10.6 Å². The molecule has 0 heterocycles. The first-order valence-electron chi connectivity index (χ1n) is 7.86. The molecule has 2 N–H and O–H groups in total. The van der Waals surface area contributed by atoms with Crippen LogP contribution in [-0.4, -0.2) is 32.6 Å². The van der Waals surface area contributed by atoms with Crippen molar-refractivity contribution in [2.45, 2.75) is 13.5 Å². The third-order valence-corrected chi connectivity index (χ3v) is 3.83. The first-order chi connectivity index (χ1) is 12.0. The van der Waals surface area contributed by atoms with Crippen molar-refractivity contribution < 1.29 is 19.1 Å². The Hall–Kier alpha value is -3.02. The van der Waals surface area contributed by atoms with Crippen LogP contribution in [0.2, 0.25) is 0 Å². The van der Waals surface area contributed by atoms with E-state index in [4.69, 9.17) is 9.47 Å². The molecule has 0 aliphatic heterocycles. The van der Waals surface area contributed by atoms with Gasteiger partial charge in [0.1, 0.15) is 5.75 Å². The fourth-order valence-corrected chi connectivity index (χ4v) is 2.34. The molecule has 2 rings (SSSR count). The van der Waals surface area contributed by atoms with E-state index in [0.717, 1.165) is 22.6 Å². The Morgan fingerprint density at radius 3 is 2.40 bits per heavy atom. The van der Waals surface area contributed by atoms with E-state index < -0.39 is 5.97 Å². The Morgan fingerprint density at radius 1 is 1.04 bits per heavy atom. The molecule has 0 fully saturated rings. The fraction of sp³-hybridized carbons (Fsp3) is 0.263.